The van der Waals surface area contributed by atoms with Crippen LogP contribution in [-0.2, 0) is 6.54 Å². The van der Waals surface area contributed by atoms with Crippen molar-refractivity contribution in [1.29, 1.82) is 0 Å². The largest absolute Gasteiger partial charge is 0.335 e. The van der Waals surface area contributed by atoms with Crippen molar-refractivity contribution in [2.24, 2.45) is 0 Å². The summed E-state index contributed by atoms with van der Waals surface area (Å²) >= 11 is 5.86. The minimum atomic E-state index is 0.220. The number of likely N-dealkylation sites (N-methyl/N-ethyl adjacent to an activating group) is 1. The molecule has 0 aliphatic heterocycles. The van der Waals surface area contributed by atoms with Crippen molar-refractivity contribution in [2.45, 2.75) is 6.54 Å². The first kappa shape index (κ1) is 14.7. The monoisotopic (exact) mass is 291 g/mol. The van der Waals surface area contributed by atoms with Gasteiger partial charge in [0.25, 0.3) is 0 Å². The maximum absolute atomic E-state index is 5.86. The van der Waals surface area contributed by atoms with E-state index in [1.807, 2.05) is 32.3 Å². The number of anilines is 1. The summed E-state index contributed by atoms with van der Waals surface area (Å²) in [6.07, 6.45) is 1.44. The number of benzene rings is 1. The lowest BCUT2D eigenvalue weighted by atomic mass is 10.2. The molecule has 0 radical (unpaired) electrons. The number of halogens is 1. The zero-order valence-electron chi connectivity index (χ0n) is 11.7. The highest BCUT2D eigenvalue weighted by molar-refractivity contribution is 6.28. The number of nitrogens with zero attached hydrogens (tertiary/aromatic N) is 5. The Labute approximate surface area is 124 Å². The number of aromatic nitrogens is 3. The molecule has 0 spiro atoms. The van der Waals surface area contributed by atoms with Gasteiger partial charge < -0.3 is 9.80 Å². The van der Waals surface area contributed by atoms with E-state index < -0.39 is 0 Å². The van der Waals surface area contributed by atoms with Crippen LogP contribution in [-0.4, -0.2) is 47.0 Å². The second-order valence-corrected chi connectivity index (χ2v) is 5.10. The molecule has 2 rings (SSSR count). The molecular formula is C14H18ClN5. The Morgan fingerprint density at radius 1 is 1.05 bits per heavy atom. The molecule has 0 aliphatic carbocycles. The molecule has 0 saturated carbocycles. The molecule has 0 atom stereocenters. The van der Waals surface area contributed by atoms with Gasteiger partial charge in [0.15, 0.2) is 0 Å². The van der Waals surface area contributed by atoms with E-state index in [4.69, 9.17) is 11.6 Å². The molecule has 0 unspecified atom stereocenters. The highest BCUT2D eigenvalue weighted by atomic mass is 35.5. The minimum absolute atomic E-state index is 0.220. The Morgan fingerprint density at radius 2 is 1.80 bits per heavy atom. The molecule has 0 fully saturated rings. The lowest BCUT2D eigenvalue weighted by Crippen LogP contribution is -2.32. The predicted molar refractivity (Wildman–Crippen MR) is 80.9 cm³/mol. The molecular weight excluding hydrogens is 274 g/mol. The Balaban J connectivity index is 2.16. The molecule has 1 aromatic heterocycles. The van der Waals surface area contributed by atoms with Crippen LogP contribution in [0.2, 0.25) is 5.28 Å². The van der Waals surface area contributed by atoms with Crippen LogP contribution in [0, 0.1) is 0 Å². The lowest BCUT2D eigenvalue weighted by molar-refractivity contribution is 0.411. The van der Waals surface area contributed by atoms with Crippen LogP contribution in [0.3, 0.4) is 0 Å². The third-order valence-corrected chi connectivity index (χ3v) is 3.03. The van der Waals surface area contributed by atoms with Crippen LogP contribution < -0.4 is 4.90 Å². The molecule has 0 amide bonds. The van der Waals surface area contributed by atoms with E-state index in [1.54, 1.807) is 0 Å². The smallest absolute Gasteiger partial charge is 0.229 e. The van der Waals surface area contributed by atoms with E-state index >= 15 is 0 Å². The summed E-state index contributed by atoms with van der Waals surface area (Å²) in [6, 6.07) is 10.2. The van der Waals surface area contributed by atoms with Gasteiger partial charge in [0.2, 0.25) is 11.2 Å². The second kappa shape index (κ2) is 7.17. The van der Waals surface area contributed by atoms with Crippen LogP contribution in [0.5, 0.6) is 0 Å². The van der Waals surface area contributed by atoms with E-state index in [1.165, 1.54) is 11.9 Å². The van der Waals surface area contributed by atoms with E-state index in [9.17, 15) is 0 Å². The normalized spacial score (nSPS) is 10.8. The molecule has 2 aromatic rings. The van der Waals surface area contributed by atoms with Gasteiger partial charge in [0.05, 0.1) is 0 Å². The fourth-order valence-electron chi connectivity index (χ4n) is 1.80. The average molecular weight is 292 g/mol. The average Bonchev–Trinajstić information content (AvgIpc) is 2.44. The van der Waals surface area contributed by atoms with Gasteiger partial charge in [-0.3, -0.25) is 0 Å². The number of hydrogen-bond acceptors (Lipinski definition) is 5. The van der Waals surface area contributed by atoms with Crippen LogP contribution in [0.15, 0.2) is 36.7 Å². The summed E-state index contributed by atoms with van der Waals surface area (Å²) in [7, 11) is 4.09. The van der Waals surface area contributed by atoms with Gasteiger partial charge in [-0.1, -0.05) is 30.3 Å². The highest BCUT2D eigenvalue weighted by Crippen LogP contribution is 2.13. The molecule has 0 N–H and O–H groups in total. The van der Waals surface area contributed by atoms with Gasteiger partial charge in [0.1, 0.15) is 6.33 Å². The summed E-state index contributed by atoms with van der Waals surface area (Å²) in [6.45, 7) is 2.48. The van der Waals surface area contributed by atoms with Crippen molar-refractivity contribution in [3.63, 3.8) is 0 Å². The molecule has 0 bridgehead atoms. The fourth-order valence-corrected chi connectivity index (χ4v) is 1.91. The Bertz CT molecular complexity index is 532. The summed E-state index contributed by atoms with van der Waals surface area (Å²) in [5.41, 5.74) is 1.21. The van der Waals surface area contributed by atoms with E-state index in [-0.39, 0.29) is 5.28 Å². The van der Waals surface area contributed by atoms with Gasteiger partial charge in [-0.15, -0.1) is 0 Å². The minimum Gasteiger partial charge on any atom is -0.335 e. The van der Waals surface area contributed by atoms with Gasteiger partial charge >= 0.3 is 0 Å². The van der Waals surface area contributed by atoms with Crippen LogP contribution in [0.1, 0.15) is 5.56 Å². The highest BCUT2D eigenvalue weighted by Gasteiger charge is 2.11. The molecule has 1 aromatic carbocycles. The number of hydrogen-bond donors (Lipinski definition) is 0. The van der Waals surface area contributed by atoms with E-state index in [2.05, 4.69) is 36.9 Å². The number of rotatable bonds is 6. The quantitative estimate of drug-likeness (QED) is 0.815. The molecule has 0 aliphatic rings. The molecule has 0 saturated heterocycles. The molecule has 106 valence electrons. The van der Waals surface area contributed by atoms with Crippen molar-refractivity contribution < 1.29 is 0 Å². The van der Waals surface area contributed by atoms with Crippen LogP contribution >= 0.6 is 11.6 Å². The summed E-state index contributed by atoms with van der Waals surface area (Å²) < 4.78 is 0. The van der Waals surface area contributed by atoms with Crippen molar-refractivity contribution >= 4 is 17.5 Å². The van der Waals surface area contributed by atoms with Crippen molar-refractivity contribution in [1.82, 2.24) is 19.9 Å². The third kappa shape index (κ3) is 4.43. The SMILES string of the molecule is CN(C)CCN(Cc1ccccc1)c1ncnc(Cl)n1. The Kier molecular flexibility index (Phi) is 5.26. The summed E-state index contributed by atoms with van der Waals surface area (Å²) in [5, 5.41) is 0.220. The molecule has 20 heavy (non-hydrogen) atoms. The van der Waals surface area contributed by atoms with Crippen molar-refractivity contribution in [2.75, 3.05) is 32.1 Å². The molecule has 1 heterocycles. The summed E-state index contributed by atoms with van der Waals surface area (Å²) in [4.78, 5) is 16.5. The fraction of sp³-hybridized carbons (Fsp3) is 0.357. The summed E-state index contributed by atoms with van der Waals surface area (Å²) in [5.74, 6) is 0.607. The lowest BCUT2D eigenvalue weighted by Gasteiger charge is -2.24. The Morgan fingerprint density at radius 3 is 2.45 bits per heavy atom. The van der Waals surface area contributed by atoms with Crippen LogP contribution in [0.4, 0.5) is 5.95 Å². The van der Waals surface area contributed by atoms with Gasteiger partial charge in [-0.25, -0.2) is 9.97 Å². The molecule has 6 heteroatoms. The first-order chi connectivity index (χ1) is 9.65. The maximum Gasteiger partial charge on any atom is 0.229 e. The van der Waals surface area contributed by atoms with Gasteiger partial charge in [0, 0.05) is 19.6 Å². The Hall–Kier alpha value is -1.72. The van der Waals surface area contributed by atoms with E-state index in [0.717, 1.165) is 19.6 Å². The van der Waals surface area contributed by atoms with E-state index in [0.29, 0.717) is 5.95 Å². The van der Waals surface area contributed by atoms with Crippen molar-refractivity contribution in [3.8, 4) is 0 Å². The zero-order valence-corrected chi connectivity index (χ0v) is 12.5. The van der Waals surface area contributed by atoms with Gasteiger partial charge in [-0.05, 0) is 31.3 Å². The maximum atomic E-state index is 5.86. The zero-order chi connectivity index (χ0) is 14.4. The molecule has 5 nitrogen and oxygen atoms in total. The first-order valence-corrected chi connectivity index (χ1v) is 6.81. The topological polar surface area (TPSA) is 45.2 Å². The van der Waals surface area contributed by atoms with Crippen LogP contribution in [0.25, 0.3) is 0 Å². The predicted octanol–water partition coefficient (Wildman–Crippen LogP) is 2.09. The second-order valence-electron chi connectivity index (χ2n) is 4.76. The van der Waals surface area contributed by atoms with Gasteiger partial charge in [-0.2, -0.15) is 4.98 Å². The standard InChI is InChI=1S/C14H18ClN5/c1-19(2)8-9-20(10-12-6-4-3-5-7-12)14-17-11-16-13(15)18-14/h3-7,11H,8-10H2,1-2H3. The van der Waals surface area contributed by atoms with Crippen molar-refractivity contribution in [3.05, 3.63) is 47.5 Å². The first-order valence-electron chi connectivity index (χ1n) is 6.43. The third-order valence-electron chi connectivity index (χ3n) is 2.85.